The minimum atomic E-state index is -3.34. The fraction of sp³-hybridized carbons (Fsp3) is 0.682. The van der Waals surface area contributed by atoms with Gasteiger partial charge in [0.1, 0.15) is 0 Å². The summed E-state index contributed by atoms with van der Waals surface area (Å²) in [4.78, 5) is 14.3. The molecule has 1 saturated carbocycles. The van der Waals surface area contributed by atoms with Crippen molar-refractivity contribution in [1.82, 2.24) is 9.62 Å². The zero-order valence-corrected chi connectivity index (χ0v) is 18.4. The van der Waals surface area contributed by atoms with E-state index < -0.39 is 10.0 Å². The monoisotopic (exact) mass is 422 g/mol. The molecule has 162 valence electrons. The molecule has 0 aromatic heterocycles. The summed E-state index contributed by atoms with van der Waals surface area (Å²) in [7, 11) is -3.34. The normalized spacial score (nSPS) is 28.3. The summed E-state index contributed by atoms with van der Waals surface area (Å²) in [5, 5.41) is 0. The fourth-order valence-electron chi connectivity index (χ4n) is 4.71. The van der Waals surface area contributed by atoms with Crippen molar-refractivity contribution in [2.24, 2.45) is 0 Å². The topological polar surface area (TPSA) is 75.7 Å². The first kappa shape index (κ1) is 22.2. The van der Waals surface area contributed by atoms with Gasteiger partial charge in [0, 0.05) is 19.0 Å². The number of benzene rings is 1. The van der Waals surface area contributed by atoms with Crippen molar-refractivity contribution in [2.45, 2.75) is 76.0 Å². The van der Waals surface area contributed by atoms with Crippen molar-refractivity contribution in [2.75, 3.05) is 19.4 Å². The highest BCUT2D eigenvalue weighted by Gasteiger charge is 2.36. The summed E-state index contributed by atoms with van der Waals surface area (Å²) in [6.07, 6.45) is 7.50. The first-order valence-corrected chi connectivity index (χ1v) is 12.7. The molecule has 2 fully saturated rings. The van der Waals surface area contributed by atoms with Gasteiger partial charge in [0.2, 0.25) is 15.9 Å². The Bertz CT molecular complexity index is 760. The standard InChI is InChI=1S/C22H34N2O4S/c1-3-22(25)24-15-7-10-20(23-29(2,26)27)21(24)16-28-19-13-11-18(12-14-19)17-8-5-4-6-9-17/h4-6,8-9,18-21,23H,3,7,10-16H2,1-2H3/t18?,19?,20-,21-/m0/s1. The quantitative estimate of drug-likeness (QED) is 0.733. The minimum Gasteiger partial charge on any atom is -0.376 e. The second kappa shape index (κ2) is 10.0. The first-order valence-electron chi connectivity index (χ1n) is 10.8. The Labute approximate surface area is 175 Å². The van der Waals surface area contributed by atoms with Crippen LogP contribution in [0.2, 0.25) is 0 Å². The Morgan fingerprint density at radius 1 is 1.14 bits per heavy atom. The van der Waals surface area contributed by atoms with Crippen LogP contribution in [0.1, 0.15) is 63.4 Å². The summed E-state index contributed by atoms with van der Waals surface area (Å²) in [5.74, 6) is 0.648. The molecule has 3 rings (SSSR count). The van der Waals surface area contributed by atoms with Crippen LogP contribution >= 0.6 is 0 Å². The maximum absolute atomic E-state index is 12.4. The Morgan fingerprint density at radius 3 is 2.45 bits per heavy atom. The number of rotatable bonds is 7. The number of carbonyl (C=O) groups excluding carboxylic acids is 1. The van der Waals surface area contributed by atoms with E-state index in [1.807, 2.05) is 17.9 Å². The van der Waals surface area contributed by atoms with Gasteiger partial charge in [-0.1, -0.05) is 37.3 Å². The number of likely N-dealkylation sites (tertiary alicyclic amines) is 1. The molecular weight excluding hydrogens is 388 g/mol. The van der Waals surface area contributed by atoms with Crippen LogP contribution in [0.3, 0.4) is 0 Å². The Hall–Kier alpha value is -1.44. The van der Waals surface area contributed by atoms with E-state index in [-0.39, 0.29) is 24.1 Å². The van der Waals surface area contributed by atoms with Crippen molar-refractivity contribution in [3.8, 4) is 0 Å². The molecule has 0 unspecified atom stereocenters. The summed E-state index contributed by atoms with van der Waals surface area (Å²) in [6, 6.07) is 10.1. The molecule has 0 bridgehead atoms. The Kier molecular flexibility index (Phi) is 7.71. The molecule has 0 radical (unpaired) electrons. The molecule has 6 nitrogen and oxygen atoms in total. The maximum Gasteiger partial charge on any atom is 0.222 e. The smallest absolute Gasteiger partial charge is 0.222 e. The van der Waals surface area contributed by atoms with Crippen LogP contribution in [-0.4, -0.2) is 56.8 Å². The Balaban J connectivity index is 1.58. The summed E-state index contributed by atoms with van der Waals surface area (Å²) in [5.41, 5.74) is 1.40. The molecule has 1 aromatic carbocycles. The van der Waals surface area contributed by atoms with Crippen molar-refractivity contribution in [3.05, 3.63) is 35.9 Å². The number of hydrogen-bond donors (Lipinski definition) is 1. The third-order valence-corrected chi connectivity index (χ3v) is 6.95. The molecule has 7 heteroatoms. The van der Waals surface area contributed by atoms with E-state index in [9.17, 15) is 13.2 Å². The van der Waals surface area contributed by atoms with Crippen LogP contribution < -0.4 is 4.72 Å². The summed E-state index contributed by atoms with van der Waals surface area (Å²) in [6.45, 7) is 2.90. The van der Waals surface area contributed by atoms with Crippen molar-refractivity contribution in [3.63, 3.8) is 0 Å². The molecule has 2 aliphatic rings. The van der Waals surface area contributed by atoms with E-state index in [1.54, 1.807) is 0 Å². The number of carbonyl (C=O) groups is 1. The van der Waals surface area contributed by atoms with Gasteiger partial charge in [-0.15, -0.1) is 0 Å². The van der Waals surface area contributed by atoms with Crippen molar-refractivity contribution in [1.29, 1.82) is 0 Å². The third kappa shape index (κ3) is 6.27. The number of piperidine rings is 1. The predicted octanol–water partition coefficient (Wildman–Crippen LogP) is 3.05. The summed E-state index contributed by atoms with van der Waals surface area (Å²) >= 11 is 0. The molecule has 1 heterocycles. The van der Waals surface area contributed by atoms with Crippen LogP contribution in [-0.2, 0) is 19.6 Å². The lowest BCUT2D eigenvalue weighted by atomic mass is 9.83. The second-order valence-electron chi connectivity index (χ2n) is 8.36. The molecule has 1 aromatic rings. The minimum absolute atomic E-state index is 0.0615. The van der Waals surface area contributed by atoms with Gasteiger partial charge in [0.25, 0.3) is 0 Å². The van der Waals surface area contributed by atoms with Crippen LogP contribution in [0.5, 0.6) is 0 Å². The van der Waals surface area contributed by atoms with Crippen LogP contribution in [0, 0.1) is 0 Å². The van der Waals surface area contributed by atoms with Gasteiger partial charge in [0.15, 0.2) is 0 Å². The van der Waals surface area contributed by atoms with Crippen LogP contribution in [0.4, 0.5) is 0 Å². The van der Waals surface area contributed by atoms with Gasteiger partial charge in [-0.25, -0.2) is 13.1 Å². The Morgan fingerprint density at radius 2 is 1.83 bits per heavy atom. The van der Waals surface area contributed by atoms with E-state index in [4.69, 9.17) is 4.74 Å². The summed E-state index contributed by atoms with van der Waals surface area (Å²) < 4.78 is 32.6. The number of ether oxygens (including phenoxy) is 1. The first-order chi connectivity index (χ1) is 13.9. The SMILES string of the molecule is CCC(=O)N1CCC[C@H](NS(C)(=O)=O)[C@@H]1COC1CCC(c2ccccc2)CC1. The number of nitrogens with zero attached hydrogens (tertiary/aromatic N) is 1. The van der Waals surface area contributed by atoms with Gasteiger partial charge in [-0.3, -0.25) is 4.79 Å². The second-order valence-corrected chi connectivity index (χ2v) is 10.1. The van der Waals surface area contributed by atoms with E-state index in [1.165, 1.54) is 11.8 Å². The van der Waals surface area contributed by atoms with Crippen LogP contribution in [0.15, 0.2) is 30.3 Å². The van der Waals surface area contributed by atoms with E-state index >= 15 is 0 Å². The van der Waals surface area contributed by atoms with E-state index in [2.05, 4.69) is 29.0 Å². The molecular formula is C22H34N2O4S. The van der Waals surface area contributed by atoms with E-state index in [0.717, 1.165) is 38.5 Å². The largest absolute Gasteiger partial charge is 0.376 e. The molecule has 1 amide bonds. The fourth-order valence-corrected chi connectivity index (χ4v) is 5.54. The molecule has 1 aliphatic heterocycles. The van der Waals surface area contributed by atoms with Crippen molar-refractivity contribution >= 4 is 15.9 Å². The maximum atomic E-state index is 12.4. The number of nitrogens with one attached hydrogen (secondary N) is 1. The molecule has 0 spiro atoms. The molecule has 2 atom stereocenters. The highest BCUT2D eigenvalue weighted by molar-refractivity contribution is 7.88. The lowest BCUT2D eigenvalue weighted by Crippen LogP contribution is -2.58. The van der Waals surface area contributed by atoms with Gasteiger partial charge in [-0.05, 0) is 50.0 Å². The zero-order valence-electron chi connectivity index (χ0n) is 17.5. The highest BCUT2D eigenvalue weighted by atomic mass is 32.2. The number of hydrogen-bond acceptors (Lipinski definition) is 4. The van der Waals surface area contributed by atoms with Gasteiger partial charge < -0.3 is 9.64 Å². The van der Waals surface area contributed by atoms with Gasteiger partial charge in [-0.2, -0.15) is 0 Å². The molecule has 29 heavy (non-hydrogen) atoms. The van der Waals surface area contributed by atoms with Gasteiger partial charge >= 0.3 is 0 Å². The van der Waals surface area contributed by atoms with Crippen LogP contribution in [0.25, 0.3) is 0 Å². The predicted molar refractivity (Wildman–Crippen MR) is 114 cm³/mol. The lowest BCUT2D eigenvalue weighted by Gasteiger charge is -2.42. The zero-order chi connectivity index (χ0) is 20.9. The average Bonchev–Trinajstić information content (AvgIpc) is 2.72. The number of sulfonamides is 1. The average molecular weight is 423 g/mol. The molecule has 1 aliphatic carbocycles. The highest BCUT2D eigenvalue weighted by Crippen LogP contribution is 2.34. The van der Waals surface area contributed by atoms with Crippen molar-refractivity contribution < 1.29 is 17.9 Å². The molecule has 1 saturated heterocycles. The lowest BCUT2D eigenvalue weighted by molar-refractivity contribution is -0.138. The van der Waals surface area contributed by atoms with Gasteiger partial charge in [0.05, 0.1) is 25.0 Å². The number of amides is 1. The third-order valence-electron chi connectivity index (χ3n) is 6.22. The van der Waals surface area contributed by atoms with E-state index in [0.29, 0.717) is 25.5 Å². The molecule has 1 N–H and O–H groups in total.